The fourth-order valence-corrected chi connectivity index (χ4v) is 4.22. The number of hydrogen-bond acceptors (Lipinski definition) is 4. The van der Waals surface area contributed by atoms with Crippen molar-refractivity contribution in [2.24, 2.45) is 5.41 Å². The van der Waals surface area contributed by atoms with Crippen molar-refractivity contribution in [3.05, 3.63) is 17.5 Å². The Morgan fingerprint density at radius 2 is 2.27 bits per heavy atom. The lowest BCUT2D eigenvalue weighted by Crippen LogP contribution is -2.67. The third kappa shape index (κ3) is 2.02. The highest BCUT2D eigenvalue weighted by atomic mass is 16.5. The van der Waals surface area contributed by atoms with Crippen molar-refractivity contribution in [2.75, 3.05) is 13.7 Å². The number of carbonyl (C=O) groups excluding carboxylic acids is 1. The van der Waals surface area contributed by atoms with Crippen molar-refractivity contribution >= 4 is 5.91 Å². The van der Waals surface area contributed by atoms with Crippen LogP contribution >= 0.6 is 0 Å². The summed E-state index contributed by atoms with van der Waals surface area (Å²) in [5.74, 6) is 1.35. The minimum absolute atomic E-state index is 0.0122. The van der Waals surface area contributed by atoms with Gasteiger partial charge in [0.2, 0.25) is 0 Å². The van der Waals surface area contributed by atoms with E-state index in [4.69, 9.17) is 9.26 Å². The maximum absolute atomic E-state index is 12.7. The van der Waals surface area contributed by atoms with E-state index in [-0.39, 0.29) is 17.4 Å². The summed E-state index contributed by atoms with van der Waals surface area (Å²) in [4.78, 5) is 14.6. The molecule has 3 aliphatic rings. The van der Waals surface area contributed by atoms with Crippen LogP contribution in [0.1, 0.15) is 67.6 Å². The molecule has 1 aromatic heterocycles. The van der Waals surface area contributed by atoms with Gasteiger partial charge < -0.3 is 14.2 Å². The van der Waals surface area contributed by atoms with E-state index in [1.807, 2.05) is 24.9 Å². The maximum Gasteiger partial charge on any atom is 0.276 e. The standard InChI is InChI=1S/C17H24N2O3/c1-3-21-15-10-14(17(15)7-4-8-17)19(2)16(20)12-9-13(22-18-12)11-5-6-11/h9,11,14-15H,3-8,10H2,1-2H3/t14-,15-/m1/s1. The normalized spacial score (nSPS) is 29.0. The summed E-state index contributed by atoms with van der Waals surface area (Å²) >= 11 is 0. The highest BCUT2D eigenvalue weighted by molar-refractivity contribution is 5.92. The van der Waals surface area contributed by atoms with Gasteiger partial charge in [-0.2, -0.15) is 0 Å². The SMILES string of the molecule is CCO[C@@H]1C[C@@H](N(C)C(=O)c2cc(C3CC3)on2)C12CCC2. The van der Waals surface area contributed by atoms with Gasteiger partial charge in [-0.25, -0.2) is 0 Å². The minimum atomic E-state index is -0.0122. The lowest BCUT2D eigenvalue weighted by Gasteiger charge is -2.63. The quantitative estimate of drug-likeness (QED) is 0.839. The third-order valence-electron chi connectivity index (χ3n) is 5.91. The fourth-order valence-electron chi connectivity index (χ4n) is 4.22. The monoisotopic (exact) mass is 304 g/mol. The number of nitrogens with zero attached hydrogens (tertiary/aromatic N) is 2. The molecule has 3 fully saturated rings. The molecule has 120 valence electrons. The van der Waals surface area contributed by atoms with Crippen molar-refractivity contribution in [1.29, 1.82) is 0 Å². The van der Waals surface area contributed by atoms with Crippen LogP contribution in [0, 0.1) is 5.41 Å². The Hall–Kier alpha value is -1.36. The van der Waals surface area contributed by atoms with Crippen molar-refractivity contribution in [2.45, 2.75) is 63.5 Å². The van der Waals surface area contributed by atoms with Crippen LogP contribution in [0.15, 0.2) is 10.6 Å². The van der Waals surface area contributed by atoms with E-state index in [0.717, 1.165) is 31.6 Å². The number of amides is 1. The Kier molecular flexibility index (Phi) is 3.29. The molecule has 0 radical (unpaired) electrons. The molecule has 0 aromatic carbocycles. The van der Waals surface area contributed by atoms with E-state index in [2.05, 4.69) is 5.16 Å². The maximum atomic E-state index is 12.7. The lowest BCUT2D eigenvalue weighted by molar-refractivity contribution is -0.192. The molecule has 5 heteroatoms. The summed E-state index contributed by atoms with van der Waals surface area (Å²) in [6.45, 7) is 2.80. The molecule has 22 heavy (non-hydrogen) atoms. The summed E-state index contributed by atoms with van der Waals surface area (Å²) in [6.07, 6.45) is 7.17. The predicted octanol–water partition coefficient (Wildman–Crippen LogP) is 2.97. The van der Waals surface area contributed by atoms with Gasteiger partial charge in [0.1, 0.15) is 5.76 Å². The van der Waals surface area contributed by atoms with Crippen LogP contribution in [0.5, 0.6) is 0 Å². The van der Waals surface area contributed by atoms with Crippen LogP contribution in [0.2, 0.25) is 0 Å². The molecule has 1 aromatic rings. The molecular formula is C17H24N2O3. The number of hydrogen-bond donors (Lipinski definition) is 0. The van der Waals surface area contributed by atoms with Gasteiger partial charge in [-0.3, -0.25) is 4.79 Å². The van der Waals surface area contributed by atoms with Gasteiger partial charge in [0.15, 0.2) is 5.69 Å². The molecule has 0 unspecified atom stereocenters. The molecule has 0 aliphatic heterocycles. The topological polar surface area (TPSA) is 55.6 Å². The Labute approximate surface area is 131 Å². The zero-order valence-electron chi connectivity index (χ0n) is 13.4. The molecule has 4 rings (SSSR count). The largest absolute Gasteiger partial charge is 0.378 e. The third-order valence-corrected chi connectivity index (χ3v) is 5.91. The van der Waals surface area contributed by atoms with E-state index in [0.29, 0.717) is 17.7 Å². The van der Waals surface area contributed by atoms with Gasteiger partial charge in [0, 0.05) is 37.1 Å². The van der Waals surface area contributed by atoms with E-state index in [1.165, 1.54) is 19.3 Å². The number of ether oxygens (including phenoxy) is 1. The van der Waals surface area contributed by atoms with Gasteiger partial charge in [0.25, 0.3) is 5.91 Å². The van der Waals surface area contributed by atoms with Crippen molar-refractivity contribution in [3.8, 4) is 0 Å². The molecule has 1 heterocycles. The van der Waals surface area contributed by atoms with Crippen LogP contribution in [0.25, 0.3) is 0 Å². The average molecular weight is 304 g/mol. The first-order chi connectivity index (χ1) is 10.7. The fraction of sp³-hybridized carbons (Fsp3) is 0.765. The highest BCUT2D eigenvalue weighted by Gasteiger charge is 2.61. The predicted molar refractivity (Wildman–Crippen MR) is 80.7 cm³/mol. The molecule has 0 N–H and O–H groups in total. The molecule has 0 saturated heterocycles. The van der Waals surface area contributed by atoms with Crippen molar-refractivity contribution in [3.63, 3.8) is 0 Å². The zero-order valence-corrected chi connectivity index (χ0v) is 13.4. The Bertz CT molecular complexity index is 574. The number of rotatable bonds is 5. The molecule has 2 atom stereocenters. The Morgan fingerprint density at radius 1 is 1.50 bits per heavy atom. The van der Waals surface area contributed by atoms with Crippen molar-refractivity contribution in [1.82, 2.24) is 10.1 Å². The molecule has 5 nitrogen and oxygen atoms in total. The zero-order chi connectivity index (χ0) is 15.3. The van der Waals surface area contributed by atoms with Gasteiger partial charge in [-0.05, 0) is 39.0 Å². The average Bonchev–Trinajstić information content (AvgIpc) is 3.17. The van der Waals surface area contributed by atoms with Gasteiger partial charge >= 0.3 is 0 Å². The number of aromatic nitrogens is 1. The van der Waals surface area contributed by atoms with Crippen LogP contribution in [-0.2, 0) is 4.74 Å². The highest BCUT2D eigenvalue weighted by Crippen LogP contribution is 2.59. The summed E-state index contributed by atoms with van der Waals surface area (Å²) in [5, 5.41) is 3.99. The lowest BCUT2D eigenvalue weighted by atomic mass is 9.50. The molecule has 1 amide bonds. The summed E-state index contributed by atoms with van der Waals surface area (Å²) in [7, 11) is 1.90. The van der Waals surface area contributed by atoms with Gasteiger partial charge in [-0.15, -0.1) is 0 Å². The Balaban J connectivity index is 1.46. The smallest absolute Gasteiger partial charge is 0.276 e. The first-order valence-electron chi connectivity index (χ1n) is 8.51. The molecular weight excluding hydrogens is 280 g/mol. The summed E-state index contributed by atoms with van der Waals surface area (Å²) in [6, 6.07) is 2.12. The molecule has 3 aliphatic carbocycles. The first kappa shape index (κ1) is 14.2. The van der Waals surface area contributed by atoms with Crippen LogP contribution in [0.4, 0.5) is 0 Å². The van der Waals surface area contributed by atoms with Gasteiger partial charge in [-0.1, -0.05) is 11.6 Å². The van der Waals surface area contributed by atoms with Crippen molar-refractivity contribution < 1.29 is 14.1 Å². The first-order valence-corrected chi connectivity index (χ1v) is 8.51. The van der Waals surface area contributed by atoms with Crippen LogP contribution in [-0.4, -0.2) is 41.8 Å². The van der Waals surface area contributed by atoms with E-state index in [1.54, 1.807) is 0 Å². The Morgan fingerprint density at radius 3 is 2.86 bits per heavy atom. The molecule has 0 bridgehead atoms. The summed E-state index contributed by atoms with van der Waals surface area (Å²) < 4.78 is 11.2. The number of carbonyl (C=O) groups is 1. The second-order valence-electron chi connectivity index (χ2n) is 7.09. The van der Waals surface area contributed by atoms with Gasteiger partial charge in [0.05, 0.1) is 6.10 Å². The van der Waals surface area contributed by atoms with Crippen LogP contribution in [0.3, 0.4) is 0 Å². The van der Waals surface area contributed by atoms with E-state index in [9.17, 15) is 4.79 Å². The summed E-state index contributed by atoms with van der Waals surface area (Å²) in [5.41, 5.74) is 0.655. The van der Waals surface area contributed by atoms with Crippen LogP contribution < -0.4 is 0 Å². The second-order valence-corrected chi connectivity index (χ2v) is 7.09. The van der Waals surface area contributed by atoms with E-state index >= 15 is 0 Å². The minimum Gasteiger partial charge on any atom is -0.378 e. The molecule has 3 saturated carbocycles. The second kappa shape index (κ2) is 5.08. The van der Waals surface area contributed by atoms with E-state index < -0.39 is 0 Å². The molecule has 1 spiro atoms.